The molecule has 0 amide bonds. The van der Waals surface area contributed by atoms with Crippen molar-refractivity contribution in [2.24, 2.45) is 5.92 Å². The molecule has 11 rings (SSSR count). The Balaban J connectivity index is 1.12. The van der Waals surface area contributed by atoms with Crippen LogP contribution >= 0.6 is 0 Å². The summed E-state index contributed by atoms with van der Waals surface area (Å²) in [5, 5.41) is 4.68. The van der Waals surface area contributed by atoms with E-state index in [1.54, 1.807) is 0 Å². The Morgan fingerprint density at radius 3 is 2.00 bits per heavy atom. The summed E-state index contributed by atoms with van der Waals surface area (Å²) in [4.78, 5) is 10.4. The van der Waals surface area contributed by atoms with Gasteiger partial charge in [-0.15, -0.1) is 0 Å². The topological polar surface area (TPSA) is 35.6 Å². The second kappa shape index (κ2) is 11.4. The summed E-state index contributed by atoms with van der Waals surface area (Å²) in [5.74, 6) is 0.975. The molecule has 53 heavy (non-hydrogen) atoms. The molecule has 2 aliphatic rings. The summed E-state index contributed by atoms with van der Waals surface area (Å²) < 4.78 is 4.66. The molecule has 6 aromatic carbocycles. The van der Waals surface area contributed by atoms with Crippen LogP contribution in [0.3, 0.4) is 0 Å². The molecule has 3 aromatic heterocycles. The van der Waals surface area contributed by atoms with Gasteiger partial charge in [0.25, 0.3) is 0 Å². The molecule has 0 saturated carbocycles. The molecular weight excluding hydrogens is 645 g/mol. The van der Waals surface area contributed by atoms with Crippen molar-refractivity contribution in [1.29, 1.82) is 0 Å². The van der Waals surface area contributed by atoms with Crippen LogP contribution < -0.4 is 0 Å². The van der Waals surface area contributed by atoms with E-state index in [1.165, 1.54) is 49.7 Å². The number of hydrogen-bond donors (Lipinski definition) is 0. The lowest BCUT2D eigenvalue weighted by Gasteiger charge is -2.37. The predicted octanol–water partition coefficient (Wildman–Crippen LogP) is 12.0. The van der Waals surface area contributed by atoms with Gasteiger partial charge in [-0.2, -0.15) is 0 Å². The molecule has 250 valence electrons. The van der Waals surface area contributed by atoms with Gasteiger partial charge >= 0.3 is 0 Å². The maximum atomic E-state index is 5.27. The van der Waals surface area contributed by atoms with Crippen LogP contribution in [-0.4, -0.2) is 19.1 Å². The zero-order chi connectivity index (χ0) is 35.1. The molecule has 0 fully saturated rings. The van der Waals surface area contributed by atoms with E-state index in [9.17, 15) is 0 Å². The molecule has 0 spiro atoms. The van der Waals surface area contributed by atoms with Gasteiger partial charge in [-0.05, 0) is 71.3 Å². The Bertz CT molecular complexity index is 3020. The molecular formula is C49H34N4. The van der Waals surface area contributed by atoms with Crippen molar-refractivity contribution >= 4 is 49.7 Å². The highest BCUT2D eigenvalue weighted by atomic mass is 15.2. The van der Waals surface area contributed by atoms with Crippen LogP contribution in [-0.2, 0) is 5.41 Å². The van der Waals surface area contributed by atoms with E-state index >= 15 is 0 Å². The fraction of sp³-hybridized carbons (Fsp3) is 0.0612. The first-order chi connectivity index (χ1) is 26.2. The highest BCUT2D eigenvalue weighted by Crippen LogP contribution is 2.49. The lowest BCUT2D eigenvalue weighted by atomic mass is 9.66. The molecule has 0 radical (unpaired) electrons. The first-order valence-electron chi connectivity index (χ1n) is 18.3. The highest BCUT2D eigenvalue weighted by molar-refractivity contribution is 6.10. The van der Waals surface area contributed by atoms with Gasteiger partial charge in [0.05, 0.1) is 33.5 Å². The molecule has 0 bridgehead atoms. The number of benzene rings is 6. The van der Waals surface area contributed by atoms with Crippen LogP contribution in [0.5, 0.6) is 0 Å². The third kappa shape index (κ3) is 4.42. The number of rotatable bonds is 4. The zero-order valence-electron chi connectivity index (χ0n) is 29.2. The quantitative estimate of drug-likeness (QED) is 0.186. The van der Waals surface area contributed by atoms with E-state index in [4.69, 9.17) is 9.97 Å². The van der Waals surface area contributed by atoms with E-state index in [2.05, 4.69) is 186 Å². The van der Waals surface area contributed by atoms with Gasteiger partial charge in [0, 0.05) is 44.1 Å². The number of hydrogen-bond acceptors (Lipinski definition) is 2. The maximum absolute atomic E-state index is 5.27. The second-order valence-electron chi connectivity index (χ2n) is 14.4. The Labute approximate surface area is 307 Å². The Morgan fingerprint density at radius 1 is 0.528 bits per heavy atom. The first kappa shape index (κ1) is 29.9. The van der Waals surface area contributed by atoms with E-state index in [-0.39, 0.29) is 5.41 Å². The smallest absolute Gasteiger partial charge is 0.235 e. The van der Waals surface area contributed by atoms with Crippen LogP contribution in [0.2, 0.25) is 0 Å². The van der Waals surface area contributed by atoms with E-state index < -0.39 is 0 Å². The van der Waals surface area contributed by atoms with E-state index in [0.29, 0.717) is 11.9 Å². The number of allylic oxidation sites excluding steroid dienone is 5. The minimum absolute atomic E-state index is 0.147. The summed E-state index contributed by atoms with van der Waals surface area (Å²) in [6, 6.07) is 51.9. The number of para-hydroxylation sites is 3. The third-order valence-electron chi connectivity index (χ3n) is 11.4. The van der Waals surface area contributed by atoms with Crippen molar-refractivity contribution in [2.45, 2.75) is 12.3 Å². The Kier molecular flexibility index (Phi) is 6.41. The molecule has 4 nitrogen and oxygen atoms in total. The first-order valence-corrected chi connectivity index (χ1v) is 18.3. The van der Waals surface area contributed by atoms with E-state index in [1.807, 2.05) is 12.1 Å². The minimum Gasteiger partial charge on any atom is -0.310 e. The molecule has 4 heteroatoms. The average Bonchev–Trinajstić information content (AvgIpc) is 3.74. The molecule has 9 aromatic rings. The van der Waals surface area contributed by atoms with Crippen LogP contribution in [0.15, 0.2) is 176 Å². The van der Waals surface area contributed by atoms with Crippen molar-refractivity contribution in [3.63, 3.8) is 0 Å². The minimum atomic E-state index is -0.147. The van der Waals surface area contributed by atoms with Gasteiger partial charge in [-0.25, -0.2) is 9.97 Å². The number of fused-ring (bicyclic) bond motifs is 9. The third-order valence-corrected chi connectivity index (χ3v) is 11.4. The van der Waals surface area contributed by atoms with Crippen LogP contribution in [0, 0.1) is 5.92 Å². The van der Waals surface area contributed by atoms with Gasteiger partial charge < -0.3 is 4.57 Å². The lowest BCUT2D eigenvalue weighted by molar-refractivity contribution is 0.496. The monoisotopic (exact) mass is 678 g/mol. The summed E-state index contributed by atoms with van der Waals surface area (Å²) >= 11 is 0. The fourth-order valence-corrected chi connectivity index (χ4v) is 8.88. The second-order valence-corrected chi connectivity index (χ2v) is 14.4. The van der Waals surface area contributed by atoms with Crippen molar-refractivity contribution in [3.05, 3.63) is 187 Å². The SMILES string of the molecule is CC12C=CC=CC1C=Cc1c2c2cc(-c3ccc4c(c3)c3ccccc3n4-c3nc(-c4ccccc4)c4ccccc4n3)ccc2n1-c1ccccc1. The Morgan fingerprint density at radius 2 is 1.19 bits per heavy atom. The van der Waals surface area contributed by atoms with Gasteiger partial charge in [-0.1, -0.05) is 134 Å². The maximum Gasteiger partial charge on any atom is 0.235 e. The van der Waals surface area contributed by atoms with Gasteiger partial charge in [0.1, 0.15) is 0 Å². The van der Waals surface area contributed by atoms with Crippen molar-refractivity contribution < 1.29 is 0 Å². The van der Waals surface area contributed by atoms with Gasteiger partial charge in [0.15, 0.2) is 0 Å². The standard InChI is InChI=1S/C49H34N4/c1-49-29-13-12-16-35(49)25-28-45-46(49)40-31-34(24-27-44(40)52(45)36-17-6-3-7-18-36)33-23-26-43-39(30-33)37-19-9-11-22-42(37)53(43)48-50-41-21-10-8-20-38(41)47(51-48)32-14-4-2-5-15-32/h2-31,35H,1H3. The molecule has 2 aliphatic carbocycles. The highest BCUT2D eigenvalue weighted by Gasteiger charge is 2.39. The van der Waals surface area contributed by atoms with Crippen LogP contribution in [0.25, 0.3) is 83.7 Å². The summed E-state index contributed by atoms with van der Waals surface area (Å²) in [7, 11) is 0. The summed E-state index contributed by atoms with van der Waals surface area (Å²) in [5.41, 5.74) is 12.4. The van der Waals surface area contributed by atoms with Crippen molar-refractivity contribution in [1.82, 2.24) is 19.1 Å². The number of aromatic nitrogens is 4. The van der Waals surface area contributed by atoms with E-state index in [0.717, 1.165) is 33.2 Å². The Hall–Kier alpha value is -6.78. The zero-order valence-corrected chi connectivity index (χ0v) is 29.2. The van der Waals surface area contributed by atoms with Gasteiger partial charge in [-0.3, -0.25) is 4.57 Å². The normalized spacial score (nSPS) is 17.6. The van der Waals surface area contributed by atoms with Crippen LogP contribution in [0.4, 0.5) is 0 Å². The van der Waals surface area contributed by atoms with Gasteiger partial charge in [0.2, 0.25) is 5.95 Å². The fourth-order valence-electron chi connectivity index (χ4n) is 8.88. The number of nitrogens with zero attached hydrogens (tertiary/aromatic N) is 4. The lowest BCUT2D eigenvalue weighted by Crippen LogP contribution is -2.31. The summed E-state index contributed by atoms with van der Waals surface area (Å²) in [6.07, 6.45) is 13.8. The predicted molar refractivity (Wildman–Crippen MR) is 220 cm³/mol. The molecule has 2 unspecified atom stereocenters. The average molecular weight is 679 g/mol. The molecule has 0 N–H and O–H groups in total. The van der Waals surface area contributed by atoms with Crippen LogP contribution in [0.1, 0.15) is 18.2 Å². The molecule has 0 aliphatic heterocycles. The van der Waals surface area contributed by atoms with Crippen molar-refractivity contribution in [2.75, 3.05) is 0 Å². The van der Waals surface area contributed by atoms with Crippen molar-refractivity contribution in [3.8, 4) is 34.0 Å². The molecule has 0 saturated heterocycles. The summed E-state index contributed by atoms with van der Waals surface area (Å²) in [6.45, 7) is 2.39. The molecule has 3 heterocycles. The largest absolute Gasteiger partial charge is 0.310 e. The molecule has 2 atom stereocenters.